The number of unbranched alkanes of at least 4 members (excludes halogenated alkanes) is 1. The second-order valence-corrected chi connectivity index (χ2v) is 9.16. The van der Waals surface area contributed by atoms with Crippen molar-refractivity contribution in [2.45, 2.75) is 63.1 Å². The summed E-state index contributed by atoms with van der Waals surface area (Å²) >= 11 is 0. The molecule has 2 aromatic rings. The number of rotatable bonds is 11. The Morgan fingerprint density at radius 2 is 2.03 bits per heavy atom. The van der Waals surface area contributed by atoms with E-state index in [1.807, 2.05) is 0 Å². The number of ether oxygens (including phenoxy) is 2. The van der Waals surface area contributed by atoms with Crippen LogP contribution in [0, 0.1) is 0 Å². The maximum Gasteiger partial charge on any atom is 0.328 e. The number of nitrogens with one attached hydrogen (secondary N) is 1. The summed E-state index contributed by atoms with van der Waals surface area (Å²) in [7, 11) is 1.27. The van der Waals surface area contributed by atoms with Crippen LogP contribution in [0.4, 0.5) is 5.82 Å². The second-order valence-electron chi connectivity index (χ2n) is 9.16. The number of imidazole rings is 1. The van der Waals surface area contributed by atoms with Gasteiger partial charge in [0.2, 0.25) is 5.91 Å². The lowest BCUT2D eigenvalue weighted by Crippen LogP contribution is -2.43. The van der Waals surface area contributed by atoms with E-state index in [0.29, 0.717) is 30.9 Å². The number of esters is 1. The van der Waals surface area contributed by atoms with Crippen molar-refractivity contribution >= 4 is 24.0 Å². The number of carbonyl (C=O) groups is 2. The first-order chi connectivity index (χ1) is 17.9. The third-order valence-electron chi connectivity index (χ3n) is 6.55. The number of amides is 1. The van der Waals surface area contributed by atoms with Crippen molar-refractivity contribution in [2.24, 2.45) is 4.99 Å². The minimum absolute atomic E-state index is 0.0349. The molecule has 2 aliphatic heterocycles. The van der Waals surface area contributed by atoms with Crippen molar-refractivity contribution in [3.63, 3.8) is 0 Å². The average Bonchev–Trinajstić information content (AvgIpc) is 3.55. The first-order valence-electron chi connectivity index (χ1n) is 12.4. The highest BCUT2D eigenvalue weighted by atomic mass is 16.5. The van der Waals surface area contributed by atoms with Gasteiger partial charge in [-0.2, -0.15) is 0 Å². The molecule has 37 heavy (non-hydrogen) atoms. The molecular weight excluding hydrogens is 482 g/mol. The van der Waals surface area contributed by atoms with E-state index in [1.165, 1.54) is 19.2 Å². The fourth-order valence-electron chi connectivity index (χ4n) is 4.50. The number of hydrogen-bond donors (Lipinski definition) is 4. The predicted molar refractivity (Wildman–Crippen MR) is 132 cm³/mol. The van der Waals surface area contributed by atoms with E-state index < -0.39 is 18.2 Å². The van der Waals surface area contributed by atoms with Gasteiger partial charge >= 0.3 is 5.97 Å². The number of phenolic OH excluding ortho intramolecular Hbond substituents is 1. The highest BCUT2D eigenvalue weighted by Gasteiger charge is 2.32. The van der Waals surface area contributed by atoms with Gasteiger partial charge < -0.3 is 35.0 Å². The minimum atomic E-state index is -0.966. The molecule has 4 rings (SSSR count). The Kier molecular flexibility index (Phi) is 8.74. The zero-order valence-electron chi connectivity index (χ0n) is 20.7. The summed E-state index contributed by atoms with van der Waals surface area (Å²) in [5.41, 5.74) is 1.22. The van der Waals surface area contributed by atoms with Gasteiger partial charge in [-0.05, 0) is 43.4 Å². The predicted octanol–water partition coefficient (Wildman–Crippen LogP) is 1.30. The van der Waals surface area contributed by atoms with Crippen LogP contribution in [0.2, 0.25) is 0 Å². The number of carbonyl (C=O) groups excluding carboxylic acids is 2. The van der Waals surface area contributed by atoms with E-state index in [-0.39, 0.29) is 43.4 Å². The Bertz CT molecular complexity index is 1100. The Morgan fingerprint density at radius 3 is 2.73 bits per heavy atom. The fourth-order valence-corrected chi connectivity index (χ4v) is 4.50. The van der Waals surface area contributed by atoms with Crippen molar-refractivity contribution in [2.75, 3.05) is 20.3 Å². The van der Waals surface area contributed by atoms with E-state index in [9.17, 15) is 24.9 Å². The molecule has 0 saturated carbocycles. The molecule has 2 aliphatic rings. The van der Waals surface area contributed by atoms with Crippen LogP contribution < -0.4 is 5.32 Å². The molecule has 1 aromatic carbocycles. The first-order valence-corrected chi connectivity index (χ1v) is 12.4. The Morgan fingerprint density at radius 1 is 1.24 bits per heavy atom. The van der Waals surface area contributed by atoms with E-state index >= 15 is 0 Å². The molecule has 2 unspecified atom stereocenters. The van der Waals surface area contributed by atoms with Crippen molar-refractivity contribution in [1.29, 1.82) is 0 Å². The topological polar surface area (TPSA) is 159 Å². The SMILES string of the molecule is COC(=O)C(Cc1ccc(O)cc1)NC(=O)CCCCN1C=Nc2c(ncn2[C@H]2CC[C@@H](CO)O2)C1O. The van der Waals surface area contributed by atoms with E-state index in [1.54, 1.807) is 34.3 Å². The molecular formula is C25H33N5O7. The summed E-state index contributed by atoms with van der Waals surface area (Å²) < 4.78 is 12.4. The number of aromatic nitrogens is 2. The van der Waals surface area contributed by atoms with Gasteiger partial charge in [0.25, 0.3) is 0 Å². The van der Waals surface area contributed by atoms with Crippen LogP contribution in [0.25, 0.3) is 0 Å². The summed E-state index contributed by atoms with van der Waals surface area (Å²) in [6.45, 7) is 0.428. The van der Waals surface area contributed by atoms with Crippen LogP contribution in [0.1, 0.15) is 55.8 Å². The van der Waals surface area contributed by atoms with E-state index in [2.05, 4.69) is 15.3 Å². The van der Waals surface area contributed by atoms with Gasteiger partial charge in [0, 0.05) is 19.4 Å². The molecule has 12 nitrogen and oxygen atoms in total. The molecule has 0 bridgehead atoms. The normalized spacial score (nSPS) is 21.5. The van der Waals surface area contributed by atoms with E-state index in [4.69, 9.17) is 9.47 Å². The van der Waals surface area contributed by atoms with Crippen LogP contribution in [-0.4, -0.2) is 80.4 Å². The summed E-state index contributed by atoms with van der Waals surface area (Å²) in [5, 5.41) is 32.2. The van der Waals surface area contributed by atoms with Crippen LogP contribution >= 0.6 is 0 Å². The number of fused-ring (bicyclic) bond motifs is 1. The molecule has 0 radical (unpaired) electrons. The van der Waals surface area contributed by atoms with Crippen molar-refractivity contribution in [3.05, 3.63) is 41.9 Å². The zero-order valence-corrected chi connectivity index (χ0v) is 20.7. The van der Waals surface area contributed by atoms with Crippen LogP contribution in [0.5, 0.6) is 5.75 Å². The molecule has 1 saturated heterocycles. The fraction of sp³-hybridized carbons (Fsp3) is 0.520. The number of methoxy groups -OCH3 is 1. The standard InChI is InChI=1S/C25H33N5O7/c1-36-25(35)19(12-16-5-7-17(32)8-6-16)28-20(33)4-2-3-11-29-14-27-23-22(24(29)34)26-15-30(23)21-10-9-18(13-31)37-21/h5-8,14-15,18-19,21,24,31-32,34H,2-4,9-13H2,1H3,(H,28,33)/t18-,19?,21+,24?/m0/s1. The Balaban J connectivity index is 1.24. The molecule has 3 heterocycles. The van der Waals surface area contributed by atoms with Crippen LogP contribution in [0.3, 0.4) is 0 Å². The highest BCUT2D eigenvalue weighted by Crippen LogP contribution is 2.37. The van der Waals surface area contributed by atoms with Gasteiger partial charge in [-0.1, -0.05) is 12.1 Å². The lowest BCUT2D eigenvalue weighted by Gasteiger charge is -2.28. The van der Waals surface area contributed by atoms with Gasteiger partial charge in [0.1, 0.15) is 23.7 Å². The lowest BCUT2D eigenvalue weighted by atomic mass is 10.1. The summed E-state index contributed by atoms with van der Waals surface area (Å²) in [6.07, 6.45) is 4.80. The number of phenols is 1. The highest BCUT2D eigenvalue weighted by molar-refractivity contribution is 5.84. The number of aliphatic imine (C=N–C) groups is 1. The largest absolute Gasteiger partial charge is 0.508 e. The molecule has 1 amide bonds. The van der Waals surface area contributed by atoms with Gasteiger partial charge in [0.15, 0.2) is 12.0 Å². The molecule has 1 aromatic heterocycles. The van der Waals surface area contributed by atoms with Crippen molar-refractivity contribution < 1.29 is 34.4 Å². The maximum absolute atomic E-state index is 12.5. The number of nitrogens with zero attached hydrogens (tertiary/aromatic N) is 4. The molecule has 12 heteroatoms. The Hall–Kier alpha value is -3.48. The van der Waals surface area contributed by atoms with Gasteiger partial charge in [-0.3, -0.25) is 9.36 Å². The van der Waals surface area contributed by atoms with Crippen LogP contribution in [-0.2, 0) is 25.5 Å². The van der Waals surface area contributed by atoms with Gasteiger partial charge in [-0.25, -0.2) is 14.8 Å². The summed E-state index contributed by atoms with van der Waals surface area (Å²) in [6, 6.07) is 5.58. The maximum atomic E-state index is 12.5. The second kappa shape index (κ2) is 12.2. The molecule has 0 spiro atoms. The number of hydrogen-bond acceptors (Lipinski definition) is 10. The molecule has 1 fully saturated rings. The first kappa shape index (κ1) is 26.6. The van der Waals surface area contributed by atoms with E-state index in [0.717, 1.165) is 18.4 Å². The average molecular weight is 516 g/mol. The monoisotopic (exact) mass is 515 g/mol. The summed E-state index contributed by atoms with van der Waals surface area (Å²) in [5.74, 6) is -0.163. The van der Waals surface area contributed by atoms with Crippen molar-refractivity contribution in [1.82, 2.24) is 19.8 Å². The number of aliphatic hydroxyl groups is 2. The smallest absolute Gasteiger partial charge is 0.328 e. The van der Waals surface area contributed by atoms with Crippen molar-refractivity contribution in [3.8, 4) is 5.75 Å². The third kappa shape index (κ3) is 6.45. The number of benzene rings is 1. The zero-order chi connectivity index (χ0) is 26.4. The van der Waals surface area contributed by atoms with Crippen LogP contribution in [0.15, 0.2) is 35.6 Å². The van der Waals surface area contributed by atoms with Gasteiger partial charge in [-0.15, -0.1) is 0 Å². The molecule has 0 aliphatic carbocycles. The van der Waals surface area contributed by atoms with Gasteiger partial charge in [0.05, 0.1) is 32.5 Å². The number of aliphatic hydroxyl groups excluding tert-OH is 2. The third-order valence-corrected chi connectivity index (χ3v) is 6.55. The molecule has 4 atom stereocenters. The minimum Gasteiger partial charge on any atom is -0.508 e. The quantitative estimate of drug-likeness (QED) is 0.256. The lowest BCUT2D eigenvalue weighted by molar-refractivity contribution is -0.145. The Labute approximate surface area is 214 Å². The summed E-state index contributed by atoms with van der Waals surface area (Å²) in [4.78, 5) is 35.1. The molecule has 4 N–H and O–H groups in total. The number of aromatic hydroxyl groups is 1. The molecule has 200 valence electrons.